The highest BCUT2D eigenvalue weighted by molar-refractivity contribution is 6.24. The zero-order valence-electron chi connectivity index (χ0n) is 19.4. The molecule has 0 spiro atoms. The minimum absolute atomic E-state index is 0.0180. The number of ketones is 1. The molecule has 4 atom stereocenters. The van der Waals surface area contributed by atoms with Gasteiger partial charge in [0.1, 0.15) is 6.04 Å². The van der Waals surface area contributed by atoms with E-state index in [2.05, 4.69) is 0 Å². The lowest BCUT2D eigenvalue weighted by Crippen LogP contribution is -2.47. The molecule has 0 aliphatic carbocycles. The van der Waals surface area contributed by atoms with Crippen molar-refractivity contribution < 1.29 is 14.4 Å². The fourth-order valence-electron chi connectivity index (χ4n) is 5.87. The summed E-state index contributed by atoms with van der Waals surface area (Å²) in [6, 6.07) is 20.4. The SMILES string of the molecule is CC(C)(C)C(=O)[C@@H]1[C@@H]2C(=O)N(c3ccc4ccccc4c3)C(=O)[C@@H]2[C@H]2c3ccccc3C=CN12. The van der Waals surface area contributed by atoms with Crippen LogP contribution in [0.5, 0.6) is 0 Å². The van der Waals surface area contributed by atoms with Crippen LogP contribution in [0.15, 0.2) is 72.9 Å². The van der Waals surface area contributed by atoms with Gasteiger partial charge >= 0.3 is 0 Å². The Morgan fingerprint density at radius 1 is 0.824 bits per heavy atom. The van der Waals surface area contributed by atoms with E-state index in [1.807, 2.05) is 105 Å². The molecule has 0 bridgehead atoms. The van der Waals surface area contributed by atoms with Crippen LogP contribution >= 0.6 is 0 Å². The predicted molar refractivity (Wildman–Crippen MR) is 132 cm³/mol. The van der Waals surface area contributed by atoms with Crippen molar-refractivity contribution >= 4 is 40.1 Å². The number of fused-ring (bicyclic) bond motifs is 6. The first-order chi connectivity index (χ1) is 16.3. The molecule has 0 radical (unpaired) electrons. The lowest BCUT2D eigenvalue weighted by Gasteiger charge is -2.37. The Morgan fingerprint density at radius 3 is 2.26 bits per heavy atom. The van der Waals surface area contributed by atoms with E-state index < -0.39 is 23.3 Å². The van der Waals surface area contributed by atoms with Crippen molar-refractivity contribution in [3.05, 3.63) is 84.1 Å². The molecular weight excluding hydrogens is 424 g/mol. The minimum atomic E-state index is -0.716. The minimum Gasteiger partial charge on any atom is -0.359 e. The molecule has 3 heterocycles. The van der Waals surface area contributed by atoms with E-state index in [0.717, 1.165) is 21.9 Å². The molecule has 2 amide bonds. The van der Waals surface area contributed by atoms with Crippen LogP contribution in [0.2, 0.25) is 0 Å². The van der Waals surface area contributed by atoms with Gasteiger partial charge in [0, 0.05) is 11.6 Å². The quantitative estimate of drug-likeness (QED) is 0.517. The zero-order valence-corrected chi connectivity index (χ0v) is 19.4. The number of hydrogen-bond donors (Lipinski definition) is 0. The summed E-state index contributed by atoms with van der Waals surface area (Å²) in [7, 11) is 0. The molecule has 34 heavy (non-hydrogen) atoms. The number of carbonyl (C=O) groups excluding carboxylic acids is 3. The van der Waals surface area contributed by atoms with Crippen LogP contribution in [-0.2, 0) is 14.4 Å². The fourth-order valence-corrected chi connectivity index (χ4v) is 5.87. The Balaban J connectivity index is 1.50. The number of nitrogens with zero attached hydrogens (tertiary/aromatic N) is 2. The predicted octanol–water partition coefficient (Wildman–Crippen LogP) is 4.97. The van der Waals surface area contributed by atoms with Gasteiger partial charge in [-0.05, 0) is 40.1 Å². The van der Waals surface area contributed by atoms with Crippen molar-refractivity contribution in [2.75, 3.05) is 4.90 Å². The normalized spacial score (nSPS) is 25.5. The van der Waals surface area contributed by atoms with Crippen molar-refractivity contribution in [1.29, 1.82) is 0 Å². The van der Waals surface area contributed by atoms with Crippen LogP contribution in [0, 0.1) is 17.3 Å². The summed E-state index contributed by atoms with van der Waals surface area (Å²) in [4.78, 5) is 44.9. The average molecular weight is 451 g/mol. The van der Waals surface area contributed by atoms with E-state index in [0.29, 0.717) is 5.69 Å². The summed E-state index contributed by atoms with van der Waals surface area (Å²) in [5, 5.41) is 2.01. The molecule has 3 aliphatic rings. The molecule has 0 aromatic heterocycles. The number of carbonyl (C=O) groups is 3. The van der Waals surface area contributed by atoms with Gasteiger partial charge in [-0.1, -0.05) is 75.4 Å². The van der Waals surface area contributed by atoms with Gasteiger partial charge in [0.2, 0.25) is 11.8 Å². The van der Waals surface area contributed by atoms with E-state index in [-0.39, 0.29) is 23.6 Å². The lowest BCUT2D eigenvalue weighted by atomic mass is 9.79. The van der Waals surface area contributed by atoms with Crippen LogP contribution in [0.1, 0.15) is 37.9 Å². The lowest BCUT2D eigenvalue weighted by molar-refractivity contribution is -0.135. The van der Waals surface area contributed by atoms with Crippen LogP contribution in [-0.4, -0.2) is 28.5 Å². The van der Waals surface area contributed by atoms with Crippen LogP contribution < -0.4 is 4.90 Å². The largest absolute Gasteiger partial charge is 0.359 e. The molecule has 0 saturated carbocycles. The van der Waals surface area contributed by atoms with E-state index in [1.165, 1.54) is 4.90 Å². The van der Waals surface area contributed by atoms with E-state index in [1.54, 1.807) is 0 Å². The van der Waals surface area contributed by atoms with Gasteiger partial charge in [-0.25, -0.2) is 4.90 Å². The van der Waals surface area contributed by atoms with Crippen molar-refractivity contribution in [2.24, 2.45) is 17.3 Å². The van der Waals surface area contributed by atoms with Crippen LogP contribution in [0.3, 0.4) is 0 Å². The number of hydrogen-bond acceptors (Lipinski definition) is 4. The maximum atomic E-state index is 14.0. The molecule has 2 fully saturated rings. The molecule has 5 nitrogen and oxygen atoms in total. The molecule has 0 unspecified atom stereocenters. The molecule has 0 N–H and O–H groups in total. The van der Waals surface area contributed by atoms with Gasteiger partial charge < -0.3 is 4.90 Å². The van der Waals surface area contributed by atoms with E-state index in [9.17, 15) is 14.4 Å². The maximum absolute atomic E-state index is 14.0. The first-order valence-corrected chi connectivity index (χ1v) is 11.7. The van der Waals surface area contributed by atoms with Gasteiger partial charge in [0.15, 0.2) is 5.78 Å². The fraction of sp³-hybridized carbons (Fsp3) is 0.276. The number of amides is 2. The van der Waals surface area contributed by atoms with Crippen molar-refractivity contribution in [3.63, 3.8) is 0 Å². The van der Waals surface area contributed by atoms with E-state index >= 15 is 0 Å². The molecule has 5 heteroatoms. The Kier molecular flexibility index (Phi) is 4.37. The number of Topliss-reactive ketones (excluding diaryl/α,β-unsaturated/α-hetero) is 1. The average Bonchev–Trinajstić information content (AvgIpc) is 3.30. The number of anilines is 1. The first kappa shape index (κ1) is 20.8. The number of imide groups is 1. The second-order valence-electron chi connectivity index (χ2n) is 10.5. The molecule has 170 valence electrons. The third-order valence-electron chi connectivity index (χ3n) is 7.46. The standard InChI is InChI=1S/C29H26N2O3/c1-29(2,3)26(32)25-23-22(24-21-11-7-6-9-18(21)14-15-30(24)25)27(33)31(28(23)34)20-13-12-17-8-4-5-10-19(17)16-20/h4-16,22-25H,1-3H3/t22-,23+,24+,25-/m0/s1. The summed E-state index contributed by atoms with van der Waals surface area (Å²) in [5.74, 6) is -1.86. The second kappa shape index (κ2) is 7.13. The summed E-state index contributed by atoms with van der Waals surface area (Å²) in [6.45, 7) is 5.63. The summed E-state index contributed by atoms with van der Waals surface area (Å²) in [6.07, 6.45) is 3.88. The smallest absolute Gasteiger partial charge is 0.240 e. The molecule has 2 saturated heterocycles. The molecular formula is C29H26N2O3. The van der Waals surface area contributed by atoms with Gasteiger partial charge in [-0.15, -0.1) is 0 Å². The summed E-state index contributed by atoms with van der Waals surface area (Å²) >= 11 is 0. The highest BCUT2D eigenvalue weighted by Gasteiger charge is 2.65. The van der Waals surface area contributed by atoms with Crippen LogP contribution in [0.4, 0.5) is 5.69 Å². The second-order valence-corrected chi connectivity index (χ2v) is 10.5. The highest BCUT2D eigenvalue weighted by Crippen LogP contribution is 2.54. The van der Waals surface area contributed by atoms with Crippen molar-refractivity contribution in [1.82, 2.24) is 4.90 Å². The van der Waals surface area contributed by atoms with Crippen molar-refractivity contribution in [3.8, 4) is 0 Å². The molecule has 6 rings (SSSR count). The van der Waals surface area contributed by atoms with Crippen LogP contribution in [0.25, 0.3) is 16.8 Å². The van der Waals surface area contributed by atoms with Gasteiger partial charge in [0.05, 0.1) is 23.6 Å². The molecule has 3 aromatic rings. The van der Waals surface area contributed by atoms with Gasteiger partial charge in [-0.2, -0.15) is 0 Å². The van der Waals surface area contributed by atoms with Crippen molar-refractivity contribution in [2.45, 2.75) is 32.9 Å². The summed E-state index contributed by atoms with van der Waals surface area (Å²) in [5.41, 5.74) is 1.94. The molecule has 3 aliphatic heterocycles. The maximum Gasteiger partial charge on any atom is 0.240 e. The topological polar surface area (TPSA) is 57.7 Å². The third kappa shape index (κ3) is 2.82. The Bertz CT molecular complexity index is 1400. The Morgan fingerprint density at radius 2 is 1.50 bits per heavy atom. The Labute approximate surface area is 198 Å². The van der Waals surface area contributed by atoms with Gasteiger partial charge in [0.25, 0.3) is 0 Å². The molecule has 3 aromatic carbocycles. The Hall–Kier alpha value is -3.73. The highest BCUT2D eigenvalue weighted by atomic mass is 16.2. The van der Waals surface area contributed by atoms with Gasteiger partial charge in [-0.3, -0.25) is 14.4 Å². The summed E-state index contributed by atoms with van der Waals surface area (Å²) < 4.78 is 0. The number of rotatable bonds is 2. The first-order valence-electron chi connectivity index (χ1n) is 11.7. The van der Waals surface area contributed by atoms with E-state index in [4.69, 9.17) is 0 Å². The third-order valence-corrected chi connectivity index (χ3v) is 7.46. The zero-order chi connectivity index (χ0) is 23.8. The number of benzene rings is 3. The monoisotopic (exact) mass is 450 g/mol.